The number of aryl methyl sites for hydroxylation is 4. The van der Waals surface area contributed by atoms with Crippen LogP contribution in [-0.2, 0) is 9.53 Å². The number of amides is 1. The Morgan fingerprint density at radius 1 is 0.960 bits per heavy atom. The quantitative estimate of drug-likeness (QED) is 0.839. The van der Waals surface area contributed by atoms with Gasteiger partial charge >= 0.3 is 5.97 Å². The zero-order valence-electron chi connectivity index (χ0n) is 15.5. The van der Waals surface area contributed by atoms with Crippen LogP contribution < -0.4 is 5.32 Å². The van der Waals surface area contributed by atoms with Gasteiger partial charge in [-0.25, -0.2) is 4.79 Å². The standard InChI is InChI=1S/C21H25NO3/c1-13-6-9-19(16(4)10-13)21(24)25-12-20(23)22-17(5)18-8-7-14(2)15(3)11-18/h6-11,17H,12H2,1-5H3,(H,22,23)/t17-/m1/s1. The molecule has 2 aromatic rings. The summed E-state index contributed by atoms with van der Waals surface area (Å²) >= 11 is 0. The topological polar surface area (TPSA) is 55.4 Å². The first kappa shape index (κ1) is 18.7. The van der Waals surface area contributed by atoms with Gasteiger partial charge in [-0.05, 0) is 62.9 Å². The molecule has 1 N–H and O–H groups in total. The van der Waals surface area contributed by atoms with E-state index >= 15 is 0 Å². The molecule has 0 spiro atoms. The van der Waals surface area contributed by atoms with Gasteiger partial charge in [0.2, 0.25) is 0 Å². The average molecular weight is 339 g/mol. The van der Waals surface area contributed by atoms with Crippen LogP contribution in [0.3, 0.4) is 0 Å². The lowest BCUT2D eigenvalue weighted by molar-refractivity contribution is -0.124. The smallest absolute Gasteiger partial charge is 0.338 e. The van der Waals surface area contributed by atoms with E-state index in [2.05, 4.69) is 18.3 Å². The minimum atomic E-state index is -0.480. The molecule has 0 fully saturated rings. The van der Waals surface area contributed by atoms with Gasteiger partial charge in [-0.3, -0.25) is 4.79 Å². The summed E-state index contributed by atoms with van der Waals surface area (Å²) in [5, 5.41) is 2.86. The molecule has 1 amide bonds. The lowest BCUT2D eigenvalue weighted by atomic mass is 10.0. The Kier molecular flexibility index (Phi) is 5.97. The third-order valence-electron chi connectivity index (χ3n) is 4.34. The summed E-state index contributed by atoms with van der Waals surface area (Å²) in [5.74, 6) is -0.796. The molecule has 0 aliphatic rings. The molecule has 0 bridgehead atoms. The largest absolute Gasteiger partial charge is 0.452 e. The van der Waals surface area contributed by atoms with Crippen LogP contribution >= 0.6 is 0 Å². The van der Waals surface area contributed by atoms with Gasteiger partial charge in [-0.2, -0.15) is 0 Å². The molecule has 4 heteroatoms. The molecule has 0 aliphatic carbocycles. The highest BCUT2D eigenvalue weighted by Gasteiger charge is 2.15. The zero-order valence-corrected chi connectivity index (χ0v) is 15.5. The van der Waals surface area contributed by atoms with Gasteiger partial charge in [-0.15, -0.1) is 0 Å². The summed E-state index contributed by atoms with van der Waals surface area (Å²) in [7, 11) is 0. The van der Waals surface area contributed by atoms with Crippen molar-refractivity contribution in [2.45, 2.75) is 40.7 Å². The third kappa shape index (κ3) is 4.92. The lowest BCUT2D eigenvalue weighted by Crippen LogP contribution is -2.31. The Bertz CT molecular complexity index is 796. The van der Waals surface area contributed by atoms with E-state index in [-0.39, 0.29) is 18.6 Å². The molecule has 0 unspecified atom stereocenters. The van der Waals surface area contributed by atoms with Gasteiger partial charge in [0.15, 0.2) is 6.61 Å². The van der Waals surface area contributed by atoms with E-state index in [1.54, 1.807) is 6.07 Å². The van der Waals surface area contributed by atoms with Crippen molar-refractivity contribution in [3.05, 3.63) is 69.8 Å². The van der Waals surface area contributed by atoms with Crippen LogP contribution in [0.15, 0.2) is 36.4 Å². The van der Waals surface area contributed by atoms with Crippen molar-refractivity contribution in [3.8, 4) is 0 Å². The molecule has 0 aliphatic heterocycles. The lowest BCUT2D eigenvalue weighted by Gasteiger charge is -2.16. The Balaban J connectivity index is 1.91. The van der Waals surface area contributed by atoms with E-state index in [4.69, 9.17) is 4.74 Å². The van der Waals surface area contributed by atoms with Crippen LogP contribution in [0.25, 0.3) is 0 Å². The number of nitrogens with one attached hydrogen (secondary N) is 1. The minimum absolute atomic E-state index is 0.147. The van der Waals surface area contributed by atoms with Crippen LogP contribution in [-0.4, -0.2) is 18.5 Å². The van der Waals surface area contributed by atoms with Crippen molar-refractivity contribution in [2.24, 2.45) is 0 Å². The number of ether oxygens (including phenoxy) is 1. The second-order valence-electron chi connectivity index (χ2n) is 6.53. The highest BCUT2D eigenvalue weighted by molar-refractivity contribution is 5.92. The van der Waals surface area contributed by atoms with Gasteiger partial charge in [0.25, 0.3) is 5.91 Å². The van der Waals surface area contributed by atoms with E-state index in [1.165, 1.54) is 11.1 Å². The monoisotopic (exact) mass is 339 g/mol. The maximum Gasteiger partial charge on any atom is 0.338 e. The van der Waals surface area contributed by atoms with Crippen LogP contribution in [0.2, 0.25) is 0 Å². The molecule has 0 radical (unpaired) electrons. The first-order valence-corrected chi connectivity index (χ1v) is 8.39. The first-order valence-electron chi connectivity index (χ1n) is 8.39. The molecule has 0 saturated carbocycles. The molecule has 0 saturated heterocycles. The summed E-state index contributed by atoms with van der Waals surface area (Å²) < 4.78 is 5.14. The summed E-state index contributed by atoms with van der Waals surface area (Å²) in [6.07, 6.45) is 0. The van der Waals surface area contributed by atoms with Crippen molar-refractivity contribution in [3.63, 3.8) is 0 Å². The van der Waals surface area contributed by atoms with Crippen molar-refractivity contribution >= 4 is 11.9 Å². The summed E-state index contributed by atoms with van der Waals surface area (Å²) in [6.45, 7) is 9.53. The Morgan fingerprint density at radius 2 is 1.68 bits per heavy atom. The molecule has 2 aromatic carbocycles. The molecule has 1 atom stereocenters. The minimum Gasteiger partial charge on any atom is -0.452 e. The predicted octanol–water partition coefficient (Wildman–Crippen LogP) is 3.95. The molecule has 0 aromatic heterocycles. The molecule has 4 nitrogen and oxygen atoms in total. The number of carbonyl (C=O) groups excluding carboxylic acids is 2. The highest BCUT2D eigenvalue weighted by atomic mass is 16.5. The van der Waals surface area contributed by atoms with Crippen molar-refractivity contribution in [1.29, 1.82) is 0 Å². The van der Waals surface area contributed by atoms with Crippen molar-refractivity contribution < 1.29 is 14.3 Å². The summed E-state index contributed by atoms with van der Waals surface area (Å²) in [4.78, 5) is 24.2. The molecule has 0 heterocycles. The highest BCUT2D eigenvalue weighted by Crippen LogP contribution is 2.17. The SMILES string of the molecule is Cc1ccc(C(=O)OCC(=O)N[C@H](C)c2ccc(C)c(C)c2)c(C)c1. The molecular weight excluding hydrogens is 314 g/mol. The zero-order chi connectivity index (χ0) is 18.6. The average Bonchev–Trinajstić information content (AvgIpc) is 2.55. The van der Waals surface area contributed by atoms with E-state index < -0.39 is 5.97 Å². The fourth-order valence-electron chi connectivity index (χ4n) is 2.65. The van der Waals surface area contributed by atoms with E-state index in [1.807, 2.05) is 52.0 Å². The van der Waals surface area contributed by atoms with E-state index in [0.29, 0.717) is 5.56 Å². The normalized spacial score (nSPS) is 11.7. The number of hydrogen-bond donors (Lipinski definition) is 1. The van der Waals surface area contributed by atoms with Crippen molar-refractivity contribution in [1.82, 2.24) is 5.32 Å². The number of esters is 1. The van der Waals surface area contributed by atoms with Gasteiger partial charge in [0, 0.05) is 0 Å². The van der Waals surface area contributed by atoms with E-state index in [0.717, 1.165) is 16.7 Å². The van der Waals surface area contributed by atoms with Crippen LogP contribution in [0.4, 0.5) is 0 Å². The first-order chi connectivity index (χ1) is 11.8. The maximum absolute atomic E-state index is 12.1. The van der Waals surface area contributed by atoms with Crippen LogP contribution in [0.5, 0.6) is 0 Å². The second-order valence-corrected chi connectivity index (χ2v) is 6.53. The molecule has 132 valence electrons. The predicted molar refractivity (Wildman–Crippen MR) is 98.7 cm³/mol. The third-order valence-corrected chi connectivity index (χ3v) is 4.34. The molecule has 25 heavy (non-hydrogen) atoms. The van der Waals surface area contributed by atoms with Gasteiger partial charge < -0.3 is 10.1 Å². The second kappa shape index (κ2) is 7.97. The number of benzene rings is 2. The molecule has 2 rings (SSSR count). The fraction of sp³-hybridized carbons (Fsp3) is 0.333. The number of carbonyl (C=O) groups is 2. The van der Waals surface area contributed by atoms with E-state index in [9.17, 15) is 9.59 Å². The molecular formula is C21H25NO3. The maximum atomic E-state index is 12.1. The Labute approximate surface area is 149 Å². The van der Waals surface area contributed by atoms with Gasteiger partial charge in [0.1, 0.15) is 0 Å². The number of rotatable bonds is 5. The Hall–Kier alpha value is -2.62. The summed E-state index contributed by atoms with van der Waals surface area (Å²) in [5.41, 5.74) is 5.82. The van der Waals surface area contributed by atoms with Crippen LogP contribution in [0.1, 0.15) is 51.1 Å². The van der Waals surface area contributed by atoms with Gasteiger partial charge in [0.05, 0.1) is 11.6 Å². The number of hydrogen-bond acceptors (Lipinski definition) is 3. The summed E-state index contributed by atoms with van der Waals surface area (Å²) in [6, 6.07) is 11.4. The van der Waals surface area contributed by atoms with Crippen molar-refractivity contribution in [2.75, 3.05) is 6.61 Å². The Morgan fingerprint density at radius 3 is 2.32 bits per heavy atom. The van der Waals surface area contributed by atoms with Crippen LogP contribution in [0, 0.1) is 27.7 Å². The fourth-order valence-corrected chi connectivity index (χ4v) is 2.65. The van der Waals surface area contributed by atoms with Gasteiger partial charge in [-0.1, -0.05) is 35.9 Å².